The molecule has 2 heteroatoms. The van der Waals surface area contributed by atoms with E-state index in [1.807, 2.05) is 43.3 Å². The van der Waals surface area contributed by atoms with Gasteiger partial charge in [0.1, 0.15) is 5.60 Å². The summed E-state index contributed by atoms with van der Waals surface area (Å²) in [4.78, 5) is 0. The second kappa shape index (κ2) is 5.48. The third-order valence-electron chi connectivity index (χ3n) is 3.55. The van der Waals surface area contributed by atoms with Crippen LogP contribution < -0.4 is 0 Å². The van der Waals surface area contributed by atoms with Gasteiger partial charge in [0, 0.05) is 4.47 Å². The van der Waals surface area contributed by atoms with Crippen molar-refractivity contribution >= 4 is 15.9 Å². The molecule has 0 aliphatic carbocycles. The van der Waals surface area contributed by atoms with Gasteiger partial charge in [0.15, 0.2) is 0 Å². The maximum absolute atomic E-state index is 10.8. The topological polar surface area (TPSA) is 20.2 Å². The lowest BCUT2D eigenvalue weighted by molar-refractivity contribution is 0.102. The van der Waals surface area contributed by atoms with Gasteiger partial charge in [-0.05, 0) is 41.7 Å². The first-order chi connectivity index (χ1) is 8.91. The van der Waals surface area contributed by atoms with Gasteiger partial charge in [0.25, 0.3) is 0 Å². The summed E-state index contributed by atoms with van der Waals surface area (Å²) in [5.74, 6) is 0.506. The van der Waals surface area contributed by atoms with E-state index in [2.05, 4.69) is 41.9 Å². The number of hydrogen-bond donors (Lipinski definition) is 1. The van der Waals surface area contributed by atoms with Gasteiger partial charge < -0.3 is 5.11 Å². The first-order valence-corrected chi connectivity index (χ1v) is 7.29. The molecule has 2 aromatic rings. The Morgan fingerprint density at radius 3 is 1.74 bits per heavy atom. The molecule has 0 aromatic heterocycles. The zero-order valence-electron chi connectivity index (χ0n) is 11.5. The van der Waals surface area contributed by atoms with E-state index in [1.54, 1.807) is 0 Å². The monoisotopic (exact) mass is 318 g/mol. The van der Waals surface area contributed by atoms with Crippen molar-refractivity contribution in [3.05, 3.63) is 69.7 Å². The van der Waals surface area contributed by atoms with Crippen molar-refractivity contribution in [1.29, 1.82) is 0 Å². The molecule has 100 valence electrons. The van der Waals surface area contributed by atoms with Crippen molar-refractivity contribution in [2.45, 2.75) is 32.3 Å². The highest BCUT2D eigenvalue weighted by molar-refractivity contribution is 9.10. The first-order valence-electron chi connectivity index (χ1n) is 6.50. The third-order valence-corrected chi connectivity index (χ3v) is 4.07. The molecule has 0 fully saturated rings. The highest BCUT2D eigenvalue weighted by Gasteiger charge is 2.25. The molecule has 0 aliphatic heterocycles. The van der Waals surface area contributed by atoms with Crippen molar-refractivity contribution in [1.82, 2.24) is 0 Å². The summed E-state index contributed by atoms with van der Waals surface area (Å²) in [5, 5.41) is 10.8. The molecule has 0 radical (unpaired) electrons. The van der Waals surface area contributed by atoms with Crippen molar-refractivity contribution in [2.75, 3.05) is 0 Å². The molecule has 1 unspecified atom stereocenters. The van der Waals surface area contributed by atoms with Gasteiger partial charge in [-0.15, -0.1) is 0 Å². The number of rotatable bonds is 3. The van der Waals surface area contributed by atoms with Crippen molar-refractivity contribution < 1.29 is 5.11 Å². The molecule has 0 spiro atoms. The van der Waals surface area contributed by atoms with E-state index in [1.165, 1.54) is 5.56 Å². The summed E-state index contributed by atoms with van der Waals surface area (Å²) < 4.78 is 1.02. The second-order valence-corrected chi connectivity index (χ2v) is 6.27. The van der Waals surface area contributed by atoms with Gasteiger partial charge in [0.2, 0.25) is 0 Å². The Labute approximate surface area is 123 Å². The molecule has 2 rings (SSSR count). The molecular formula is C17H19BrO. The SMILES string of the molecule is CC(C)c1ccc(C(C)(O)c2ccc(Br)cc2)cc1. The summed E-state index contributed by atoms with van der Waals surface area (Å²) in [6.07, 6.45) is 0. The molecule has 2 aromatic carbocycles. The van der Waals surface area contributed by atoms with Crippen LogP contribution in [0.5, 0.6) is 0 Å². The van der Waals surface area contributed by atoms with Crippen molar-refractivity contribution in [2.24, 2.45) is 0 Å². The molecule has 1 N–H and O–H groups in total. The van der Waals surface area contributed by atoms with Crippen LogP contribution in [0.4, 0.5) is 0 Å². The summed E-state index contributed by atoms with van der Waals surface area (Å²) in [6.45, 7) is 6.17. The number of hydrogen-bond acceptors (Lipinski definition) is 1. The summed E-state index contributed by atoms with van der Waals surface area (Å²) in [5.41, 5.74) is 2.14. The highest BCUT2D eigenvalue weighted by atomic mass is 79.9. The van der Waals surface area contributed by atoms with Gasteiger partial charge in [0.05, 0.1) is 0 Å². The molecule has 19 heavy (non-hydrogen) atoms. The third kappa shape index (κ3) is 3.07. The average molecular weight is 319 g/mol. The first kappa shape index (κ1) is 14.3. The van der Waals surface area contributed by atoms with E-state index in [0.29, 0.717) is 5.92 Å². The quantitative estimate of drug-likeness (QED) is 0.859. The zero-order chi connectivity index (χ0) is 14.0. The van der Waals surface area contributed by atoms with E-state index in [4.69, 9.17) is 0 Å². The van der Waals surface area contributed by atoms with Crippen LogP contribution in [0.1, 0.15) is 43.4 Å². The summed E-state index contributed by atoms with van der Waals surface area (Å²) in [6, 6.07) is 16.0. The largest absolute Gasteiger partial charge is 0.381 e. The molecule has 1 atom stereocenters. The van der Waals surface area contributed by atoms with Crippen LogP contribution in [-0.2, 0) is 5.60 Å². The van der Waals surface area contributed by atoms with Gasteiger partial charge in [-0.3, -0.25) is 0 Å². The minimum absolute atomic E-state index is 0.506. The Morgan fingerprint density at radius 2 is 1.32 bits per heavy atom. The van der Waals surface area contributed by atoms with Gasteiger partial charge in [-0.2, -0.15) is 0 Å². The van der Waals surface area contributed by atoms with Gasteiger partial charge in [-0.25, -0.2) is 0 Å². The average Bonchev–Trinajstić information content (AvgIpc) is 2.39. The van der Waals surface area contributed by atoms with Crippen LogP contribution in [0.25, 0.3) is 0 Å². The Balaban J connectivity index is 2.35. The normalized spacial score (nSPS) is 14.4. The fourth-order valence-electron chi connectivity index (χ4n) is 2.13. The van der Waals surface area contributed by atoms with Crippen LogP contribution in [0.15, 0.2) is 53.0 Å². The molecule has 0 saturated carbocycles. The lowest BCUT2D eigenvalue weighted by Gasteiger charge is -2.25. The number of aliphatic hydroxyl groups is 1. The van der Waals surface area contributed by atoms with Crippen molar-refractivity contribution in [3.63, 3.8) is 0 Å². The van der Waals surface area contributed by atoms with Crippen LogP contribution in [0.3, 0.4) is 0 Å². The lowest BCUT2D eigenvalue weighted by atomic mass is 9.87. The van der Waals surface area contributed by atoms with Gasteiger partial charge >= 0.3 is 0 Å². The molecule has 1 nitrogen and oxygen atoms in total. The number of benzene rings is 2. The molecular weight excluding hydrogens is 300 g/mol. The summed E-state index contributed by atoms with van der Waals surface area (Å²) >= 11 is 3.41. The fraction of sp³-hybridized carbons (Fsp3) is 0.294. The predicted octanol–water partition coefficient (Wildman–Crippen LogP) is 4.83. The zero-order valence-corrected chi connectivity index (χ0v) is 13.1. The van der Waals surface area contributed by atoms with E-state index in [9.17, 15) is 5.11 Å². The summed E-state index contributed by atoms with van der Waals surface area (Å²) in [7, 11) is 0. The molecule has 0 bridgehead atoms. The van der Waals surface area contributed by atoms with Crippen LogP contribution in [0, 0.1) is 0 Å². The van der Waals surface area contributed by atoms with Crippen LogP contribution >= 0.6 is 15.9 Å². The Morgan fingerprint density at radius 1 is 0.895 bits per heavy atom. The molecule has 0 heterocycles. The van der Waals surface area contributed by atoms with E-state index in [-0.39, 0.29) is 0 Å². The van der Waals surface area contributed by atoms with E-state index >= 15 is 0 Å². The standard InChI is InChI=1S/C17H19BrO/c1-12(2)13-4-6-14(7-5-13)17(3,19)15-8-10-16(18)11-9-15/h4-12,19H,1-3H3. The van der Waals surface area contributed by atoms with Gasteiger partial charge in [-0.1, -0.05) is 66.2 Å². The molecule has 0 amide bonds. The smallest absolute Gasteiger partial charge is 0.112 e. The Hall–Kier alpha value is -1.12. The van der Waals surface area contributed by atoms with E-state index < -0.39 is 5.60 Å². The maximum Gasteiger partial charge on any atom is 0.112 e. The van der Waals surface area contributed by atoms with E-state index in [0.717, 1.165) is 15.6 Å². The Kier molecular flexibility index (Phi) is 4.12. The molecule has 0 aliphatic rings. The number of halogens is 1. The maximum atomic E-state index is 10.8. The minimum Gasteiger partial charge on any atom is -0.381 e. The van der Waals surface area contributed by atoms with Crippen LogP contribution in [0.2, 0.25) is 0 Å². The minimum atomic E-state index is -0.962. The van der Waals surface area contributed by atoms with Crippen LogP contribution in [-0.4, -0.2) is 5.11 Å². The highest BCUT2D eigenvalue weighted by Crippen LogP contribution is 2.30. The Bertz CT molecular complexity index is 538. The predicted molar refractivity (Wildman–Crippen MR) is 83.3 cm³/mol. The lowest BCUT2D eigenvalue weighted by Crippen LogP contribution is -2.22. The second-order valence-electron chi connectivity index (χ2n) is 5.36. The fourth-order valence-corrected chi connectivity index (χ4v) is 2.40. The van der Waals surface area contributed by atoms with Crippen molar-refractivity contribution in [3.8, 4) is 0 Å². The molecule has 0 saturated heterocycles.